The SMILES string of the molecule is CC(C)(C)c1cc(NC(=O)COC(=O)c2ccccc2[N+](=O)[O-])on1. The predicted molar refractivity (Wildman–Crippen MR) is 87.2 cm³/mol. The van der Waals surface area contributed by atoms with Crippen molar-refractivity contribution < 1.29 is 23.8 Å². The van der Waals surface area contributed by atoms with Crippen LogP contribution in [0.2, 0.25) is 0 Å². The first kappa shape index (κ1) is 18.1. The summed E-state index contributed by atoms with van der Waals surface area (Å²) in [7, 11) is 0. The highest BCUT2D eigenvalue weighted by atomic mass is 16.6. The number of hydrogen-bond donors (Lipinski definition) is 1. The molecule has 1 N–H and O–H groups in total. The van der Waals surface area contributed by atoms with E-state index in [0.717, 1.165) is 0 Å². The molecule has 1 aromatic carbocycles. The monoisotopic (exact) mass is 347 g/mol. The maximum Gasteiger partial charge on any atom is 0.345 e. The normalized spacial score (nSPS) is 11.0. The van der Waals surface area contributed by atoms with E-state index in [9.17, 15) is 19.7 Å². The van der Waals surface area contributed by atoms with Crippen LogP contribution >= 0.6 is 0 Å². The van der Waals surface area contributed by atoms with Crippen molar-refractivity contribution in [2.75, 3.05) is 11.9 Å². The maximum atomic E-state index is 11.9. The summed E-state index contributed by atoms with van der Waals surface area (Å²) in [5.41, 5.74) is -0.210. The van der Waals surface area contributed by atoms with Crippen molar-refractivity contribution >= 4 is 23.4 Å². The number of nitrogens with one attached hydrogen (secondary N) is 1. The summed E-state index contributed by atoms with van der Waals surface area (Å²) in [6.45, 7) is 5.19. The predicted octanol–water partition coefficient (Wildman–Crippen LogP) is 2.68. The van der Waals surface area contributed by atoms with E-state index >= 15 is 0 Å². The molecule has 0 aliphatic heterocycles. The number of hydrogen-bond acceptors (Lipinski definition) is 7. The van der Waals surface area contributed by atoms with Gasteiger partial charge in [0.2, 0.25) is 5.88 Å². The first-order valence-corrected chi connectivity index (χ1v) is 7.36. The number of carbonyl (C=O) groups is 2. The van der Waals surface area contributed by atoms with Crippen LogP contribution in [0.4, 0.5) is 11.6 Å². The smallest absolute Gasteiger partial charge is 0.345 e. The van der Waals surface area contributed by atoms with Crippen molar-refractivity contribution in [3.8, 4) is 0 Å². The molecule has 0 aliphatic rings. The van der Waals surface area contributed by atoms with Crippen LogP contribution in [-0.2, 0) is 14.9 Å². The minimum atomic E-state index is -0.963. The highest BCUT2D eigenvalue weighted by Gasteiger charge is 2.22. The summed E-state index contributed by atoms with van der Waals surface area (Å²) >= 11 is 0. The number of rotatable bonds is 5. The quantitative estimate of drug-likeness (QED) is 0.501. The summed E-state index contributed by atoms with van der Waals surface area (Å²) in [6.07, 6.45) is 0. The molecule has 132 valence electrons. The molecule has 0 atom stereocenters. The number of para-hydroxylation sites is 1. The van der Waals surface area contributed by atoms with E-state index in [1.54, 1.807) is 6.07 Å². The van der Waals surface area contributed by atoms with Gasteiger partial charge in [-0.2, -0.15) is 0 Å². The Labute approximate surface area is 143 Å². The highest BCUT2D eigenvalue weighted by Crippen LogP contribution is 2.23. The lowest BCUT2D eigenvalue weighted by Crippen LogP contribution is -2.21. The van der Waals surface area contributed by atoms with Gasteiger partial charge in [0.1, 0.15) is 5.56 Å². The number of ether oxygens (including phenoxy) is 1. The fourth-order valence-electron chi connectivity index (χ4n) is 1.88. The minimum Gasteiger partial charge on any atom is -0.452 e. The fourth-order valence-corrected chi connectivity index (χ4v) is 1.88. The standard InChI is InChI=1S/C16H17N3O6/c1-16(2,3)12-8-14(25-18-12)17-13(20)9-24-15(21)10-6-4-5-7-11(10)19(22)23/h4-8H,9H2,1-3H3,(H,17,20). The molecule has 0 saturated heterocycles. The summed E-state index contributed by atoms with van der Waals surface area (Å²) in [6, 6.07) is 6.90. The highest BCUT2D eigenvalue weighted by molar-refractivity contribution is 5.97. The molecular weight excluding hydrogens is 330 g/mol. The molecule has 0 unspecified atom stereocenters. The van der Waals surface area contributed by atoms with Crippen LogP contribution in [0.1, 0.15) is 36.8 Å². The van der Waals surface area contributed by atoms with Gasteiger partial charge in [-0.15, -0.1) is 0 Å². The number of nitro groups is 1. The van der Waals surface area contributed by atoms with Gasteiger partial charge in [0, 0.05) is 17.5 Å². The van der Waals surface area contributed by atoms with Crippen LogP contribution in [0.15, 0.2) is 34.9 Å². The molecule has 1 heterocycles. The van der Waals surface area contributed by atoms with Crippen LogP contribution in [-0.4, -0.2) is 28.6 Å². The lowest BCUT2D eigenvalue weighted by Gasteiger charge is -2.12. The van der Waals surface area contributed by atoms with Gasteiger partial charge in [-0.1, -0.05) is 38.1 Å². The topological polar surface area (TPSA) is 125 Å². The molecule has 2 aromatic rings. The number of carbonyl (C=O) groups excluding carboxylic acids is 2. The molecule has 0 saturated carbocycles. The molecule has 9 heteroatoms. The molecular formula is C16H17N3O6. The van der Waals surface area contributed by atoms with E-state index in [2.05, 4.69) is 10.5 Å². The molecule has 1 amide bonds. The number of anilines is 1. The Kier molecular flexibility index (Phi) is 5.16. The third-order valence-electron chi connectivity index (χ3n) is 3.20. The zero-order valence-electron chi connectivity index (χ0n) is 13.9. The number of amides is 1. The van der Waals surface area contributed by atoms with Gasteiger partial charge in [0.05, 0.1) is 10.6 Å². The van der Waals surface area contributed by atoms with Gasteiger partial charge in [0.15, 0.2) is 6.61 Å². The zero-order valence-corrected chi connectivity index (χ0v) is 13.9. The number of aromatic nitrogens is 1. The van der Waals surface area contributed by atoms with E-state index in [-0.39, 0.29) is 16.9 Å². The van der Waals surface area contributed by atoms with Crippen molar-refractivity contribution in [1.82, 2.24) is 5.16 Å². The van der Waals surface area contributed by atoms with Crippen LogP contribution in [0.25, 0.3) is 0 Å². The van der Waals surface area contributed by atoms with Crippen LogP contribution in [0, 0.1) is 10.1 Å². The lowest BCUT2D eigenvalue weighted by atomic mass is 9.92. The third kappa shape index (κ3) is 4.63. The van der Waals surface area contributed by atoms with Crippen LogP contribution < -0.4 is 5.32 Å². The van der Waals surface area contributed by atoms with E-state index < -0.39 is 29.1 Å². The zero-order chi connectivity index (χ0) is 18.6. The Bertz CT molecular complexity index is 806. The maximum absolute atomic E-state index is 11.9. The van der Waals surface area contributed by atoms with E-state index in [4.69, 9.17) is 9.26 Å². The molecule has 0 radical (unpaired) electrons. The first-order chi connectivity index (χ1) is 11.7. The fraction of sp³-hybridized carbons (Fsp3) is 0.312. The van der Waals surface area contributed by atoms with E-state index in [0.29, 0.717) is 5.69 Å². The Morgan fingerprint density at radius 2 is 2.00 bits per heavy atom. The van der Waals surface area contributed by atoms with Crippen molar-refractivity contribution in [3.05, 3.63) is 51.7 Å². The van der Waals surface area contributed by atoms with Crippen molar-refractivity contribution in [2.24, 2.45) is 0 Å². The molecule has 0 fully saturated rings. The Balaban J connectivity index is 1.95. The van der Waals surface area contributed by atoms with Crippen LogP contribution in [0.3, 0.4) is 0 Å². The summed E-state index contributed by atoms with van der Waals surface area (Å²) in [5, 5.41) is 17.1. The first-order valence-electron chi connectivity index (χ1n) is 7.36. The summed E-state index contributed by atoms with van der Waals surface area (Å²) in [5.74, 6) is -1.49. The van der Waals surface area contributed by atoms with Gasteiger partial charge < -0.3 is 9.26 Å². The molecule has 0 bridgehead atoms. The van der Waals surface area contributed by atoms with E-state index in [1.165, 1.54) is 24.3 Å². The largest absolute Gasteiger partial charge is 0.452 e. The van der Waals surface area contributed by atoms with Crippen LogP contribution in [0.5, 0.6) is 0 Å². The van der Waals surface area contributed by atoms with Crippen molar-refractivity contribution in [3.63, 3.8) is 0 Å². The van der Waals surface area contributed by atoms with Gasteiger partial charge in [-0.3, -0.25) is 20.2 Å². The minimum absolute atomic E-state index is 0.122. The van der Waals surface area contributed by atoms with Gasteiger partial charge in [-0.05, 0) is 6.07 Å². The molecule has 0 aliphatic carbocycles. The summed E-state index contributed by atoms with van der Waals surface area (Å²) < 4.78 is 9.80. The Morgan fingerprint density at radius 3 is 2.60 bits per heavy atom. The molecule has 2 rings (SSSR count). The van der Waals surface area contributed by atoms with Crippen molar-refractivity contribution in [2.45, 2.75) is 26.2 Å². The lowest BCUT2D eigenvalue weighted by molar-refractivity contribution is -0.385. The van der Waals surface area contributed by atoms with E-state index in [1.807, 2.05) is 20.8 Å². The average Bonchev–Trinajstić information content (AvgIpc) is 3.01. The average molecular weight is 347 g/mol. The number of nitrogens with zero attached hydrogens (tertiary/aromatic N) is 2. The number of esters is 1. The summed E-state index contributed by atoms with van der Waals surface area (Å²) in [4.78, 5) is 33.9. The third-order valence-corrected chi connectivity index (χ3v) is 3.20. The van der Waals surface area contributed by atoms with Crippen molar-refractivity contribution in [1.29, 1.82) is 0 Å². The molecule has 0 spiro atoms. The second kappa shape index (κ2) is 7.12. The molecule has 1 aromatic heterocycles. The van der Waals surface area contributed by atoms with Gasteiger partial charge in [-0.25, -0.2) is 4.79 Å². The molecule has 9 nitrogen and oxygen atoms in total. The second-order valence-corrected chi connectivity index (χ2v) is 6.22. The Morgan fingerprint density at radius 1 is 1.32 bits per heavy atom. The van der Waals surface area contributed by atoms with Gasteiger partial charge in [0.25, 0.3) is 11.6 Å². The number of benzene rings is 1. The van der Waals surface area contributed by atoms with Gasteiger partial charge >= 0.3 is 5.97 Å². The Hall–Kier alpha value is -3.23. The number of nitro benzene ring substituents is 1. The molecule has 25 heavy (non-hydrogen) atoms. The second-order valence-electron chi connectivity index (χ2n) is 6.22.